The van der Waals surface area contributed by atoms with Crippen molar-refractivity contribution < 1.29 is 4.74 Å². The topological polar surface area (TPSA) is 53.5 Å². The maximum Gasteiger partial charge on any atom is 0.225 e. The van der Waals surface area contributed by atoms with E-state index in [1.165, 1.54) is 11.1 Å². The molecule has 2 aliphatic rings. The van der Waals surface area contributed by atoms with Crippen LogP contribution in [0.25, 0.3) is 0 Å². The Morgan fingerprint density at radius 1 is 1.07 bits per heavy atom. The number of nitrogens with one attached hydrogen (secondary N) is 1. The first-order valence-corrected chi connectivity index (χ1v) is 11.0. The van der Waals surface area contributed by atoms with Crippen LogP contribution in [0, 0.1) is 0 Å². The summed E-state index contributed by atoms with van der Waals surface area (Å²) in [6.07, 6.45) is 6.87. The molecule has 164 valence electrons. The van der Waals surface area contributed by atoms with Gasteiger partial charge in [0.2, 0.25) is 5.95 Å². The van der Waals surface area contributed by atoms with E-state index < -0.39 is 0 Å². The molecule has 0 saturated carbocycles. The summed E-state index contributed by atoms with van der Waals surface area (Å²) in [5.41, 5.74) is 2.41. The van der Waals surface area contributed by atoms with Crippen molar-refractivity contribution in [2.45, 2.75) is 38.8 Å². The molecule has 0 radical (unpaired) electrons. The molecule has 2 fully saturated rings. The summed E-state index contributed by atoms with van der Waals surface area (Å²) in [7, 11) is 0. The van der Waals surface area contributed by atoms with Gasteiger partial charge in [-0.2, -0.15) is 0 Å². The summed E-state index contributed by atoms with van der Waals surface area (Å²) >= 11 is 6.53. The molecule has 8 heteroatoms. The Balaban J connectivity index is 0.00000256. The quantitative estimate of drug-likeness (QED) is 0.724. The van der Waals surface area contributed by atoms with Gasteiger partial charge in [0.15, 0.2) is 0 Å². The number of aromatic nitrogens is 2. The van der Waals surface area contributed by atoms with Gasteiger partial charge < -0.3 is 15.0 Å². The third kappa shape index (κ3) is 5.97. The number of ether oxygens (including phenoxy) is 1. The van der Waals surface area contributed by atoms with E-state index in [9.17, 15) is 0 Å². The minimum Gasteiger partial charge on any atom is -0.489 e. The second kappa shape index (κ2) is 11.1. The van der Waals surface area contributed by atoms with Crippen LogP contribution < -0.4 is 15.0 Å². The van der Waals surface area contributed by atoms with E-state index in [2.05, 4.69) is 44.1 Å². The smallest absolute Gasteiger partial charge is 0.225 e. The summed E-state index contributed by atoms with van der Waals surface area (Å²) in [4.78, 5) is 13.7. The van der Waals surface area contributed by atoms with Crippen LogP contribution in [-0.4, -0.2) is 60.2 Å². The Labute approximate surface area is 190 Å². The number of nitrogens with zero attached hydrogens (tertiary/aromatic N) is 4. The third-order valence-electron chi connectivity index (χ3n) is 5.73. The van der Waals surface area contributed by atoms with Gasteiger partial charge in [0.25, 0.3) is 0 Å². The first-order valence-electron chi connectivity index (χ1n) is 10.7. The van der Waals surface area contributed by atoms with Crippen LogP contribution in [0.3, 0.4) is 0 Å². The molecule has 0 aliphatic carbocycles. The van der Waals surface area contributed by atoms with Crippen LogP contribution in [0.4, 0.5) is 5.95 Å². The predicted molar refractivity (Wildman–Crippen MR) is 124 cm³/mol. The van der Waals surface area contributed by atoms with Crippen molar-refractivity contribution in [2.75, 3.05) is 44.2 Å². The molecular formula is C22H31Cl2N5O. The van der Waals surface area contributed by atoms with E-state index in [-0.39, 0.29) is 18.5 Å². The minimum absolute atomic E-state index is 0. The van der Waals surface area contributed by atoms with E-state index in [0.717, 1.165) is 76.8 Å². The zero-order chi connectivity index (χ0) is 20.1. The number of piperidine rings is 1. The molecule has 1 N–H and O–H groups in total. The molecule has 0 bridgehead atoms. The standard InChI is InChI=1S/C22H30ClN5O.ClH/c1-2-17-14-25-22(26-15-17)28-9-5-19(6-10-28)29-21-4-3-18(13-20(21)23)16-27-11-7-24-8-12-27;/h3-4,13-15,19,24H,2,5-12,16H2,1H3;1H. The lowest BCUT2D eigenvalue weighted by Gasteiger charge is -2.32. The van der Waals surface area contributed by atoms with Gasteiger partial charge >= 0.3 is 0 Å². The normalized spacial score (nSPS) is 18.1. The maximum atomic E-state index is 6.53. The molecular weight excluding hydrogens is 421 g/mol. The van der Waals surface area contributed by atoms with E-state index in [0.29, 0.717) is 5.02 Å². The molecule has 0 amide bonds. The molecule has 30 heavy (non-hydrogen) atoms. The zero-order valence-corrected chi connectivity index (χ0v) is 19.1. The lowest BCUT2D eigenvalue weighted by molar-refractivity contribution is 0.170. The number of hydrogen-bond donors (Lipinski definition) is 1. The molecule has 1 aromatic heterocycles. The molecule has 4 rings (SSSR count). The number of rotatable bonds is 6. The molecule has 1 aromatic carbocycles. The van der Waals surface area contributed by atoms with Crippen LogP contribution in [-0.2, 0) is 13.0 Å². The zero-order valence-electron chi connectivity index (χ0n) is 17.5. The van der Waals surface area contributed by atoms with Crippen molar-refractivity contribution in [2.24, 2.45) is 0 Å². The highest BCUT2D eigenvalue weighted by Gasteiger charge is 2.23. The van der Waals surface area contributed by atoms with Gasteiger partial charge in [-0.3, -0.25) is 4.90 Å². The van der Waals surface area contributed by atoms with Crippen molar-refractivity contribution in [3.8, 4) is 5.75 Å². The molecule has 0 unspecified atom stereocenters. The van der Waals surface area contributed by atoms with Crippen LogP contribution >= 0.6 is 24.0 Å². The van der Waals surface area contributed by atoms with Crippen molar-refractivity contribution >= 4 is 30.0 Å². The average molecular weight is 452 g/mol. The third-order valence-corrected chi connectivity index (χ3v) is 6.03. The number of hydrogen-bond acceptors (Lipinski definition) is 6. The monoisotopic (exact) mass is 451 g/mol. The molecule has 0 spiro atoms. The second-order valence-corrected chi connectivity index (χ2v) is 8.25. The first kappa shape index (κ1) is 23.1. The van der Waals surface area contributed by atoms with Crippen molar-refractivity contribution in [1.82, 2.24) is 20.2 Å². The van der Waals surface area contributed by atoms with Crippen molar-refractivity contribution in [3.05, 3.63) is 46.7 Å². The largest absolute Gasteiger partial charge is 0.489 e. The highest BCUT2D eigenvalue weighted by atomic mass is 35.5. The number of benzene rings is 1. The maximum absolute atomic E-state index is 6.53. The average Bonchev–Trinajstić information content (AvgIpc) is 2.77. The number of anilines is 1. The summed E-state index contributed by atoms with van der Waals surface area (Å²) in [5.74, 6) is 1.61. The molecule has 0 atom stereocenters. The highest BCUT2D eigenvalue weighted by Crippen LogP contribution is 2.29. The minimum atomic E-state index is 0. The molecule has 3 heterocycles. The van der Waals surface area contributed by atoms with E-state index in [1.807, 2.05) is 18.5 Å². The molecule has 6 nitrogen and oxygen atoms in total. The van der Waals surface area contributed by atoms with Gasteiger partial charge in [-0.05, 0) is 29.7 Å². The summed E-state index contributed by atoms with van der Waals surface area (Å²) in [6, 6.07) is 6.22. The SMILES string of the molecule is CCc1cnc(N2CCC(Oc3ccc(CN4CCNCC4)cc3Cl)CC2)nc1.Cl. The van der Waals surface area contributed by atoms with Crippen LogP contribution in [0.1, 0.15) is 30.9 Å². The number of piperazine rings is 1. The van der Waals surface area contributed by atoms with E-state index >= 15 is 0 Å². The van der Waals surface area contributed by atoms with Gasteiger partial charge in [-0.1, -0.05) is 24.6 Å². The predicted octanol–water partition coefficient (Wildman–Crippen LogP) is 3.57. The number of aryl methyl sites for hydroxylation is 1. The van der Waals surface area contributed by atoms with Gasteiger partial charge in [-0.25, -0.2) is 9.97 Å². The van der Waals surface area contributed by atoms with E-state index in [1.54, 1.807) is 0 Å². The van der Waals surface area contributed by atoms with Gasteiger partial charge in [0.1, 0.15) is 11.9 Å². The van der Waals surface area contributed by atoms with Crippen LogP contribution in [0.5, 0.6) is 5.75 Å². The van der Waals surface area contributed by atoms with Gasteiger partial charge in [-0.15, -0.1) is 12.4 Å². The Morgan fingerprint density at radius 3 is 2.40 bits per heavy atom. The van der Waals surface area contributed by atoms with Crippen molar-refractivity contribution in [3.63, 3.8) is 0 Å². The first-order chi connectivity index (χ1) is 14.2. The Morgan fingerprint density at radius 2 is 1.77 bits per heavy atom. The lowest BCUT2D eigenvalue weighted by Crippen LogP contribution is -2.42. The van der Waals surface area contributed by atoms with Gasteiger partial charge in [0.05, 0.1) is 5.02 Å². The Bertz CT molecular complexity index is 791. The Hall–Kier alpha value is -1.60. The summed E-state index contributed by atoms with van der Waals surface area (Å²) in [5, 5.41) is 4.09. The molecule has 2 aliphatic heterocycles. The molecule has 2 aromatic rings. The van der Waals surface area contributed by atoms with E-state index in [4.69, 9.17) is 16.3 Å². The highest BCUT2D eigenvalue weighted by molar-refractivity contribution is 6.32. The lowest BCUT2D eigenvalue weighted by atomic mass is 10.1. The summed E-state index contributed by atoms with van der Waals surface area (Å²) in [6.45, 7) is 9.13. The fourth-order valence-electron chi connectivity index (χ4n) is 3.91. The number of halogens is 2. The van der Waals surface area contributed by atoms with Crippen molar-refractivity contribution in [1.29, 1.82) is 0 Å². The summed E-state index contributed by atoms with van der Waals surface area (Å²) < 4.78 is 6.23. The second-order valence-electron chi connectivity index (χ2n) is 7.84. The Kier molecular flexibility index (Phi) is 8.57. The fourth-order valence-corrected chi connectivity index (χ4v) is 4.16. The fraction of sp³-hybridized carbons (Fsp3) is 0.545. The van der Waals surface area contributed by atoms with Crippen LogP contribution in [0.2, 0.25) is 5.02 Å². The molecule has 2 saturated heterocycles. The van der Waals surface area contributed by atoms with Crippen LogP contribution in [0.15, 0.2) is 30.6 Å². The van der Waals surface area contributed by atoms with Gasteiger partial charge in [0, 0.05) is 71.0 Å².